The van der Waals surface area contributed by atoms with Gasteiger partial charge >= 0.3 is 0 Å². The summed E-state index contributed by atoms with van der Waals surface area (Å²) in [6.07, 6.45) is 1.95. The monoisotopic (exact) mass is 236 g/mol. The summed E-state index contributed by atoms with van der Waals surface area (Å²) in [4.78, 5) is 6.36. The fourth-order valence-corrected chi connectivity index (χ4v) is 1.98. The lowest BCUT2D eigenvalue weighted by Gasteiger charge is -2.32. The summed E-state index contributed by atoms with van der Waals surface area (Å²) < 4.78 is 5.71. The first-order valence-electron chi connectivity index (χ1n) is 6.07. The molecule has 1 aliphatic rings. The summed E-state index contributed by atoms with van der Waals surface area (Å²) >= 11 is 0. The summed E-state index contributed by atoms with van der Waals surface area (Å²) in [7, 11) is 0. The summed E-state index contributed by atoms with van der Waals surface area (Å²) in [6.45, 7) is 6.92. The molecule has 1 fully saturated rings. The van der Waals surface area contributed by atoms with Gasteiger partial charge in [0.15, 0.2) is 0 Å². The number of hydrogen-bond donors (Lipinski definition) is 2. The maximum absolute atomic E-state index is 5.71. The van der Waals surface area contributed by atoms with E-state index in [0.29, 0.717) is 5.82 Å². The molecule has 2 heterocycles. The quantitative estimate of drug-likeness (QED) is 0.809. The normalized spacial score (nSPS) is 21.4. The van der Waals surface area contributed by atoms with Crippen LogP contribution < -0.4 is 11.1 Å². The minimum absolute atomic E-state index is 0.248. The third-order valence-corrected chi connectivity index (χ3v) is 2.99. The Bertz CT molecular complexity index is 358. The molecule has 3 N–H and O–H groups in total. The minimum atomic E-state index is 0.248. The van der Waals surface area contributed by atoms with E-state index in [0.717, 1.165) is 38.5 Å². The van der Waals surface area contributed by atoms with E-state index in [-0.39, 0.29) is 6.10 Å². The first-order chi connectivity index (χ1) is 8.28. The summed E-state index contributed by atoms with van der Waals surface area (Å²) in [5.41, 5.74) is 6.62. The highest BCUT2D eigenvalue weighted by molar-refractivity contribution is 5.49. The first kappa shape index (κ1) is 12.1. The third-order valence-electron chi connectivity index (χ3n) is 2.99. The zero-order valence-corrected chi connectivity index (χ0v) is 10.2. The van der Waals surface area contributed by atoms with Crippen molar-refractivity contribution < 1.29 is 4.74 Å². The molecule has 1 aliphatic heterocycles. The highest BCUT2D eigenvalue weighted by Gasteiger charge is 2.18. The number of aromatic nitrogens is 1. The molecule has 0 saturated carbocycles. The van der Waals surface area contributed by atoms with Gasteiger partial charge in [0, 0.05) is 37.6 Å². The minimum Gasteiger partial charge on any atom is -0.384 e. The average molecular weight is 236 g/mol. The molecule has 2 rings (SSSR count). The molecule has 1 aromatic heterocycles. The summed E-state index contributed by atoms with van der Waals surface area (Å²) in [5.74, 6) is 0.537. The molecule has 0 aromatic carbocycles. The van der Waals surface area contributed by atoms with E-state index in [9.17, 15) is 0 Å². The number of nitrogens with two attached hydrogens (primary N) is 1. The van der Waals surface area contributed by atoms with Crippen molar-refractivity contribution in [2.24, 2.45) is 0 Å². The molecule has 1 unspecified atom stereocenters. The van der Waals surface area contributed by atoms with Crippen molar-refractivity contribution in [3.05, 3.63) is 18.3 Å². The predicted octanol–water partition coefficient (Wildman–Crippen LogP) is 0.796. The van der Waals surface area contributed by atoms with Gasteiger partial charge in [-0.05, 0) is 12.6 Å². The van der Waals surface area contributed by atoms with Crippen LogP contribution >= 0.6 is 0 Å². The van der Waals surface area contributed by atoms with Crippen molar-refractivity contribution in [1.82, 2.24) is 9.88 Å². The number of nitrogens with one attached hydrogen (secondary N) is 1. The first-order valence-corrected chi connectivity index (χ1v) is 6.07. The molecule has 17 heavy (non-hydrogen) atoms. The van der Waals surface area contributed by atoms with Crippen LogP contribution in [0.15, 0.2) is 18.3 Å². The molecule has 0 aliphatic carbocycles. The Labute approximate surface area is 102 Å². The molecule has 5 heteroatoms. The van der Waals surface area contributed by atoms with Crippen LogP contribution in [0, 0.1) is 0 Å². The van der Waals surface area contributed by atoms with Gasteiger partial charge in [-0.15, -0.1) is 0 Å². The molecular weight excluding hydrogens is 216 g/mol. The Hall–Kier alpha value is -1.33. The zero-order chi connectivity index (χ0) is 12.1. The van der Waals surface area contributed by atoms with Crippen LogP contribution in [0.25, 0.3) is 0 Å². The second-order valence-electron chi connectivity index (χ2n) is 4.24. The summed E-state index contributed by atoms with van der Waals surface area (Å²) in [5, 5.41) is 3.33. The Morgan fingerprint density at radius 1 is 1.65 bits per heavy atom. The van der Waals surface area contributed by atoms with Crippen molar-refractivity contribution in [2.45, 2.75) is 13.0 Å². The van der Waals surface area contributed by atoms with E-state index < -0.39 is 0 Å². The number of likely N-dealkylation sites (N-methyl/N-ethyl adjacent to an activating group) is 1. The van der Waals surface area contributed by atoms with Gasteiger partial charge in [0.2, 0.25) is 0 Å². The molecule has 5 nitrogen and oxygen atoms in total. The van der Waals surface area contributed by atoms with Crippen LogP contribution in [0.5, 0.6) is 0 Å². The van der Waals surface area contributed by atoms with E-state index in [2.05, 4.69) is 22.1 Å². The lowest BCUT2D eigenvalue weighted by Crippen LogP contribution is -2.45. The molecule has 0 bridgehead atoms. The van der Waals surface area contributed by atoms with E-state index in [1.165, 1.54) is 0 Å². The van der Waals surface area contributed by atoms with E-state index >= 15 is 0 Å². The second-order valence-corrected chi connectivity index (χ2v) is 4.24. The highest BCUT2D eigenvalue weighted by Crippen LogP contribution is 2.11. The number of rotatable bonds is 4. The van der Waals surface area contributed by atoms with Crippen LogP contribution in [0.1, 0.15) is 6.92 Å². The van der Waals surface area contributed by atoms with Crippen molar-refractivity contribution in [2.75, 3.05) is 43.8 Å². The van der Waals surface area contributed by atoms with Gasteiger partial charge in [0.1, 0.15) is 5.82 Å². The van der Waals surface area contributed by atoms with Crippen LogP contribution in [0.4, 0.5) is 11.5 Å². The second kappa shape index (κ2) is 5.84. The fraction of sp³-hybridized carbons (Fsp3) is 0.583. The molecule has 94 valence electrons. The number of pyridine rings is 1. The molecular formula is C12H20N4O. The lowest BCUT2D eigenvalue weighted by atomic mass is 10.2. The number of hydrogen-bond acceptors (Lipinski definition) is 5. The predicted molar refractivity (Wildman–Crippen MR) is 69.0 cm³/mol. The zero-order valence-electron chi connectivity index (χ0n) is 10.2. The van der Waals surface area contributed by atoms with Crippen LogP contribution in [0.2, 0.25) is 0 Å². The number of anilines is 2. The van der Waals surface area contributed by atoms with Crippen molar-refractivity contribution in [3.63, 3.8) is 0 Å². The number of morpholine rings is 1. The Balaban J connectivity index is 1.81. The summed E-state index contributed by atoms with van der Waals surface area (Å²) in [6, 6.07) is 3.75. The molecule has 1 saturated heterocycles. The number of nitrogens with zero attached hydrogens (tertiary/aromatic N) is 2. The van der Waals surface area contributed by atoms with Gasteiger partial charge in [0.25, 0.3) is 0 Å². The Kier molecular flexibility index (Phi) is 4.17. The van der Waals surface area contributed by atoms with Crippen molar-refractivity contribution in [1.29, 1.82) is 0 Å². The van der Waals surface area contributed by atoms with Crippen molar-refractivity contribution >= 4 is 11.5 Å². The molecule has 1 atom stereocenters. The van der Waals surface area contributed by atoms with Gasteiger partial charge in [-0.25, -0.2) is 4.98 Å². The number of nitrogen functional groups attached to an aromatic ring is 1. The highest BCUT2D eigenvalue weighted by atomic mass is 16.5. The topological polar surface area (TPSA) is 63.4 Å². The van der Waals surface area contributed by atoms with Gasteiger partial charge in [-0.2, -0.15) is 0 Å². The maximum Gasteiger partial charge on any atom is 0.125 e. The van der Waals surface area contributed by atoms with E-state index in [1.807, 2.05) is 12.1 Å². The van der Waals surface area contributed by atoms with Gasteiger partial charge in [-0.3, -0.25) is 4.90 Å². The van der Waals surface area contributed by atoms with Crippen molar-refractivity contribution in [3.8, 4) is 0 Å². The molecule has 0 radical (unpaired) electrons. The molecule has 1 aromatic rings. The largest absolute Gasteiger partial charge is 0.384 e. The van der Waals surface area contributed by atoms with Crippen LogP contribution in [-0.2, 0) is 4.74 Å². The number of ether oxygens (including phenoxy) is 1. The molecule has 0 amide bonds. The Morgan fingerprint density at radius 2 is 2.53 bits per heavy atom. The standard InChI is InChI=1S/C12H20N4O/c1-2-16-5-6-17-11(9-16)8-15-10-3-4-14-12(13)7-10/h3-4,7,11H,2,5-6,8-9H2,1H3,(H3,13,14,15). The van der Waals surface area contributed by atoms with E-state index in [1.54, 1.807) is 6.20 Å². The van der Waals surface area contributed by atoms with Gasteiger partial charge < -0.3 is 15.8 Å². The van der Waals surface area contributed by atoms with Gasteiger partial charge in [0.05, 0.1) is 12.7 Å². The average Bonchev–Trinajstić information content (AvgIpc) is 2.37. The third kappa shape index (κ3) is 3.57. The fourth-order valence-electron chi connectivity index (χ4n) is 1.98. The molecule has 0 spiro atoms. The van der Waals surface area contributed by atoms with E-state index in [4.69, 9.17) is 10.5 Å². The SMILES string of the molecule is CCN1CCOC(CNc2ccnc(N)c2)C1. The Morgan fingerprint density at radius 3 is 3.29 bits per heavy atom. The lowest BCUT2D eigenvalue weighted by molar-refractivity contribution is -0.0191. The van der Waals surface area contributed by atoms with Crippen LogP contribution in [-0.4, -0.2) is 48.8 Å². The van der Waals surface area contributed by atoms with Gasteiger partial charge in [-0.1, -0.05) is 6.92 Å². The maximum atomic E-state index is 5.71. The smallest absolute Gasteiger partial charge is 0.125 e. The van der Waals surface area contributed by atoms with Crippen LogP contribution in [0.3, 0.4) is 0 Å².